The molecule has 0 bridgehead atoms. The van der Waals surface area contributed by atoms with Crippen LogP contribution in [-0.4, -0.2) is 48.3 Å². The monoisotopic (exact) mass is 692 g/mol. The number of carbonyl (C=O) groups is 3. The number of hydrogen-bond acceptors (Lipinski definition) is 7. The Labute approximate surface area is 255 Å². The second-order valence-electron chi connectivity index (χ2n) is 8.61. The van der Waals surface area contributed by atoms with E-state index in [4.69, 9.17) is 25.8 Å². The zero-order chi connectivity index (χ0) is 28.6. The van der Waals surface area contributed by atoms with Gasteiger partial charge in [0.05, 0.1) is 21.6 Å². The van der Waals surface area contributed by atoms with Gasteiger partial charge in [0.2, 0.25) is 0 Å². The van der Waals surface area contributed by atoms with E-state index in [9.17, 15) is 14.4 Å². The van der Waals surface area contributed by atoms with Gasteiger partial charge in [-0.25, -0.2) is 0 Å². The maximum Gasteiger partial charge on any atom is 0.293 e. The highest BCUT2D eigenvalue weighted by Crippen LogP contribution is 2.37. The predicted octanol–water partition coefficient (Wildman–Crippen LogP) is 6.78. The Balaban J connectivity index is 1.41. The van der Waals surface area contributed by atoms with Crippen molar-refractivity contribution in [1.82, 2.24) is 4.90 Å². The van der Waals surface area contributed by atoms with E-state index in [1.165, 1.54) is 0 Å². The summed E-state index contributed by atoms with van der Waals surface area (Å²) in [6.07, 6.45) is 1.64. The highest BCUT2D eigenvalue weighted by Gasteiger charge is 2.35. The molecular formula is C29H26ClIN2O6S. The van der Waals surface area contributed by atoms with Gasteiger partial charge < -0.3 is 19.5 Å². The number of nitrogens with one attached hydrogen (secondary N) is 1. The maximum absolute atomic E-state index is 13.0. The molecule has 4 rings (SSSR count). The van der Waals surface area contributed by atoms with Crippen molar-refractivity contribution in [2.75, 3.05) is 31.7 Å². The molecule has 11 heteroatoms. The van der Waals surface area contributed by atoms with Gasteiger partial charge in [-0.1, -0.05) is 23.7 Å². The SMILES string of the molecule is CCOc1cc(/C=C2\SC(=O)N(CCOc3ccc(Cl)cc3)C2=O)cc(I)c1OCC(=O)Nc1cccc(C)c1. The number of halogens is 2. The molecule has 1 fully saturated rings. The summed E-state index contributed by atoms with van der Waals surface area (Å²) < 4.78 is 17.9. The fourth-order valence-corrected chi connectivity index (χ4v) is 5.53. The molecule has 0 unspecified atom stereocenters. The van der Waals surface area contributed by atoms with Gasteiger partial charge >= 0.3 is 0 Å². The van der Waals surface area contributed by atoms with E-state index in [2.05, 4.69) is 27.9 Å². The number of anilines is 1. The number of benzene rings is 3. The van der Waals surface area contributed by atoms with Gasteiger partial charge in [0.15, 0.2) is 18.1 Å². The smallest absolute Gasteiger partial charge is 0.293 e. The third kappa shape index (κ3) is 7.92. The van der Waals surface area contributed by atoms with Crippen LogP contribution in [-0.2, 0) is 9.59 Å². The van der Waals surface area contributed by atoms with Gasteiger partial charge in [-0.2, -0.15) is 0 Å². The zero-order valence-electron chi connectivity index (χ0n) is 21.7. The molecule has 3 aromatic rings. The average Bonchev–Trinajstić information content (AvgIpc) is 3.17. The summed E-state index contributed by atoms with van der Waals surface area (Å²) in [7, 11) is 0. The lowest BCUT2D eigenvalue weighted by Gasteiger charge is -2.15. The summed E-state index contributed by atoms with van der Waals surface area (Å²) in [4.78, 5) is 39.4. The van der Waals surface area contributed by atoms with Gasteiger partial charge in [-0.15, -0.1) is 0 Å². The molecule has 0 aliphatic carbocycles. The molecule has 1 saturated heterocycles. The number of imide groups is 1. The number of carbonyl (C=O) groups excluding carboxylic acids is 3. The molecule has 40 heavy (non-hydrogen) atoms. The van der Waals surface area contributed by atoms with Crippen LogP contribution in [0.4, 0.5) is 10.5 Å². The molecule has 0 spiro atoms. The van der Waals surface area contributed by atoms with Gasteiger partial charge in [-0.3, -0.25) is 19.3 Å². The van der Waals surface area contributed by atoms with Crippen LogP contribution in [0, 0.1) is 10.5 Å². The Morgan fingerprint density at radius 3 is 2.58 bits per heavy atom. The molecule has 0 radical (unpaired) electrons. The molecule has 0 saturated carbocycles. The van der Waals surface area contributed by atoms with Crippen LogP contribution in [0.1, 0.15) is 18.1 Å². The van der Waals surface area contributed by atoms with Crippen molar-refractivity contribution in [3.8, 4) is 17.2 Å². The van der Waals surface area contributed by atoms with Crippen molar-refractivity contribution in [2.45, 2.75) is 13.8 Å². The molecule has 3 amide bonds. The fraction of sp³-hybridized carbons (Fsp3) is 0.207. The summed E-state index contributed by atoms with van der Waals surface area (Å²) in [6.45, 7) is 4.22. The summed E-state index contributed by atoms with van der Waals surface area (Å²) in [5.41, 5.74) is 2.38. The van der Waals surface area contributed by atoms with Gasteiger partial charge in [0.25, 0.3) is 17.1 Å². The van der Waals surface area contributed by atoms with Crippen LogP contribution in [0.5, 0.6) is 17.2 Å². The van der Waals surface area contributed by atoms with Crippen LogP contribution in [0.25, 0.3) is 6.08 Å². The number of amides is 3. The van der Waals surface area contributed by atoms with Crippen molar-refractivity contribution < 1.29 is 28.6 Å². The largest absolute Gasteiger partial charge is 0.492 e. The lowest BCUT2D eigenvalue weighted by atomic mass is 10.2. The van der Waals surface area contributed by atoms with E-state index in [1.807, 2.05) is 38.1 Å². The Morgan fingerprint density at radius 2 is 1.85 bits per heavy atom. The topological polar surface area (TPSA) is 94.2 Å². The minimum atomic E-state index is -0.393. The van der Waals surface area contributed by atoms with E-state index in [1.54, 1.807) is 42.5 Å². The first-order chi connectivity index (χ1) is 19.2. The molecule has 208 valence electrons. The lowest BCUT2D eigenvalue weighted by Crippen LogP contribution is -2.32. The van der Waals surface area contributed by atoms with E-state index in [-0.39, 0.29) is 30.9 Å². The molecule has 0 atom stereocenters. The predicted molar refractivity (Wildman–Crippen MR) is 165 cm³/mol. The fourth-order valence-electron chi connectivity index (χ4n) is 3.76. The molecule has 1 heterocycles. The van der Waals surface area contributed by atoms with Crippen LogP contribution < -0.4 is 19.5 Å². The normalized spacial score (nSPS) is 14.0. The quantitative estimate of drug-likeness (QED) is 0.175. The van der Waals surface area contributed by atoms with Crippen molar-refractivity contribution in [3.05, 3.63) is 85.3 Å². The number of hydrogen-bond donors (Lipinski definition) is 1. The van der Waals surface area contributed by atoms with E-state index in [0.29, 0.717) is 48.6 Å². The first-order valence-electron chi connectivity index (χ1n) is 12.3. The number of nitrogens with zero attached hydrogens (tertiary/aromatic N) is 1. The third-order valence-corrected chi connectivity index (χ3v) is 7.51. The second kappa shape index (κ2) is 13.9. The Kier molecular flexibility index (Phi) is 10.3. The summed E-state index contributed by atoms with van der Waals surface area (Å²) in [6, 6.07) is 17.9. The number of aryl methyl sites for hydroxylation is 1. The molecule has 8 nitrogen and oxygen atoms in total. The molecule has 3 aromatic carbocycles. The first kappa shape index (κ1) is 29.8. The second-order valence-corrected chi connectivity index (χ2v) is 11.2. The van der Waals surface area contributed by atoms with E-state index in [0.717, 1.165) is 22.2 Å². The van der Waals surface area contributed by atoms with Crippen molar-refractivity contribution >= 4 is 74.8 Å². The maximum atomic E-state index is 13.0. The molecule has 1 aliphatic heterocycles. The first-order valence-corrected chi connectivity index (χ1v) is 14.6. The molecule has 0 aromatic heterocycles. The van der Waals surface area contributed by atoms with E-state index >= 15 is 0 Å². The summed E-state index contributed by atoms with van der Waals surface area (Å²) >= 11 is 8.84. The zero-order valence-corrected chi connectivity index (χ0v) is 25.5. The highest BCUT2D eigenvalue weighted by molar-refractivity contribution is 14.1. The average molecular weight is 693 g/mol. The third-order valence-electron chi connectivity index (χ3n) is 5.55. The van der Waals surface area contributed by atoms with Gasteiger partial charge in [-0.05, 0) is 114 Å². The lowest BCUT2D eigenvalue weighted by molar-refractivity contribution is -0.123. The van der Waals surface area contributed by atoms with Crippen molar-refractivity contribution in [1.29, 1.82) is 0 Å². The Hall–Kier alpha value is -3.22. The van der Waals surface area contributed by atoms with Gasteiger partial charge in [0, 0.05) is 10.7 Å². The highest BCUT2D eigenvalue weighted by atomic mass is 127. The number of thioether (sulfide) groups is 1. The van der Waals surface area contributed by atoms with Crippen molar-refractivity contribution in [2.24, 2.45) is 0 Å². The van der Waals surface area contributed by atoms with Crippen LogP contribution in [0.2, 0.25) is 5.02 Å². The molecular weight excluding hydrogens is 667 g/mol. The summed E-state index contributed by atoms with van der Waals surface area (Å²) in [5.74, 6) is 0.753. The number of rotatable bonds is 11. The Bertz CT molecular complexity index is 1450. The minimum absolute atomic E-state index is 0.115. The van der Waals surface area contributed by atoms with Crippen molar-refractivity contribution in [3.63, 3.8) is 0 Å². The van der Waals surface area contributed by atoms with Crippen LogP contribution in [0.15, 0.2) is 65.6 Å². The van der Waals surface area contributed by atoms with Crippen LogP contribution in [0.3, 0.4) is 0 Å². The number of ether oxygens (including phenoxy) is 3. The van der Waals surface area contributed by atoms with Crippen LogP contribution >= 0.6 is 46.0 Å². The molecule has 1 aliphatic rings. The molecule has 1 N–H and O–H groups in total. The minimum Gasteiger partial charge on any atom is -0.492 e. The standard InChI is InChI=1S/C29H26ClIN2O6S/c1-3-37-24-15-19(14-23(31)27(24)39-17-26(34)32-21-6-4-5-18(2)13-21)16-25-28(35)33(29(36)40-25)11-12-38-22-9-7-20(30)8-10-22/h4-10,13-16H,3,11-12,17H2,1-2H3,(H,32,34)/b25-16-. The van der Waals surface area contributed by atoms with Gasteiger partial charge in [0.1, 0.15) is 12.4 Å². The van der Waals surface area contributed by atoms with E-state index < -0.39 is 5.91 Å². The summed E-state index contributed by atoms with van der Waals surface area (Å²) in [5, 5.41) is 3.04. The Morgan fingerprint density at radius 1 is 1.07 bits per heavy atom.